The summed E-state index contributed by atoms with van der Waals surface area (Å²) in [6, 6.07) is 16.6. The number of hydrogen-bond donors (Lipinski definition) is 1. The monoisotopic (exact) mass is 450 g/mol. The molecule has 2 heterocycles. The molecule has 164 valence electrons. The topological polar surface area (TPSA) is 74.0 Å². The number of aliphatic hydroxyl groups excluding tert-OH is 1. The summed E-state index contributed by atoms with van der Waals surface area (Å²) in [5, 5.41) is 11.3. The molecule has 1 aliphatic heterocycles. The van der Waals surface area contributed by atoms with Crippen LogP contribution in [0.25, 0.3) is 0 Å². The Morgan fingerprint density at radius 2 is 1.72 bits per heavy atom. The third kappa shape index (κ3) is 3.78. The van der Waals surface area contributed by atoms with Crippen molar-refractivity contribution in [2.45, 2.75) is 19.9 Å². The summed E-state index contributed by atoms with van der Waals surface area (Å²) < 4.78 is 5.26. The van der Waals surface area contributed by atoms with Gasteiger partial charge in [0.25, 0.3) is 5.91 Å². The number of halogens is 1. The number of benzene rings is 2. The van der Waals surface area contributed by atoms with Crippen molar-refractivity contribution < 1.29 is 19.1 Å². The Hall–Kier alpha value is -3.51. The largest absolute Gasteiger partial charge is 0.503 e. The van der Waals surface area contributed by atoms with Crippen LogP contribution in [0.3, 0.4) is 0 Å². The molecule has 4 rings (SSSR count). The van der Waals surface area contributed by atoms with E-state index in [2.05, 4.69) is 18.7 Å². The second-order valence-electron chi connectivity index (χ2n) is 7.39. The van der Waals surface area contributed by atoms with Gasteiger partial charge < -0.3 is 14.4 Å². The molecule has 6 nitrogen and oxygen atoms in total. The van der Waals surface area contributed by atoms with E-state index in [1.165, 1.54) is 17.2 Å². The quantitative estimate of drug-likeness (QED) is 0.477. The zero-order chi connectivity index (χ0) is 22.8. The van der Waals surface area contributed by atoms with Crippen LogP contribution in [-0.4, -0.2) is 29.9 Å². The molecular weight excluding hydrogens is 428 g/mol. The number of anilines is 2. The minimum Gasteiger partial charge on any atom is -0.503 e. The number of carbonyl (C=O) groups excluding carboxylic acids is 2. The minimum atomic E-state index is -0.813. The number of Topliss-reactive ketones (excluding diaryl/α,β-unsaturated/α-hetero) is 1. The van der Waals surface area contributed by atoms with Crippen LogP contribution in [0, 0.1) is 0 Å². The van der Waals surface area contributed by atoms with Crippen molar-refractivity contribution in [1.29, 1.82) is 0 Å². The third-order valence-electron chi connectivity index (χ3n) is 5.64. The van der Waals surface area contributed by atoms with Crippen LogP contribution in [-0.2, 0) is 4.79 Å². The molecule has 2 aromatic carbocycles. The van der Waals surface area contributed by atoms with Gasteiger partial charge in [0, 0.05) is 29.5 Å². The van der Waals surface area contributed by atoms with E-state index in [9.17, 15) is 14.7 Å². The first kappa shape index (κ1) is 21.7. The van der Waals surface area contributed by atoms with E-state index in [0.717, 1.165) is 18.8 Å². The molecule has 0 aliphatic carbocycles. The highest BCUT2D eigenvalue weighted by molar-refractivity contribution is 6.30. The van der Waals surface area contributed by atoms with Gasteiger partial charge in [0.15, 0.2) is 11.5 Å². The molecule has 32 heavy (non-hydrogen) atoms. The molecule has 0 radical (unpaired) electrons. The van der Waals surface area contributed by atoms with Crippen LogP contribution in [0.15, 0.2) is 82.7 Å². The first-order valence-electron chi connectivity index (χ1n) is 10.4. The standard InChI is InChI=1S/C25H23ClN2O4/c1-3-27(4-2)18-11-7-16(8-12-18)22-21(23(29)20-6-5-15-32-20)24(30)25(31)28(22)19-13-9-17(26)10-14-19/h5-15,22,30H,3-4H2,1-2H3. The van der Waals surface area contributed by atoms with E-state index in [4.69, 9.17) is 16.0 Å². The second kappa shape index (κ2) is 8.93. The minimum absolute atomic E-state index is 0.0181. The van der Waals surface area contributed by atoms with Crippen molar-refractivity contribution in [3.05, 3.63) is 94.6 Å². The molecule has 1 aromatic heterocycles. The SMILES string of the molecule is CCN(CC)c1ccc(C2C(C(=O)c3ccco3)=C(O)C(=O)N2c2ccc(Cl)cc2)cc1. The van der Waals surface area contributed by atoms with E-state index in [-0.39, 0.29) is 11.3 Å². The molecule has 0 bridgehead atoms. The zero-order valence-electron chi connectivity index (χ0n) is 17.8. The normalized spacial score (nSPS) is 16.0. The number of rotatable bonds is 7. The van der Waals surface area contributed by atoms with Gasteiger partial charge in [-0.15, -0.1) is 0 Å². The molecule has 7 heteroatoms. The Labute approximate surface area is 191 Å². The zero-order valence-corrected chi connectivity index (χ0v) is 18.5. The highest BCUT2D eigenvalue weighted by Gasteiger charge is 2.45. The van der Waals surface area contributed by atoms with Gasteiger partial charge >= 0.3 is 0 Å². The molecule has 3 aromatic rings. The summed E-state index contributed by atoms with van der Waals surface area (Å²) in [5.41, 5.74) is 2.23. The molecular formula is C25H23ClN2O4. The average Bonchev–Trinajstić information content (AvgIpc) is 3.43. The highest BCUT2D eigenvalue weighted by atomic mass is 35.5. The molecule has 1 atom stereocenters. The van der Waals surface area contributed by atoms with Gasteiger partial charge in [-0.2, -0.15) is 0 Å². The molecule has 0 saturated heterocycles. The lowest BCUT2D eigenvalue weighted by molar-refractivity contribution is -0.117. The van der Waals surface area contributed by atoms with Crippen molar-refractivity contribution in [3.63, 3.8) is 0 Å². The number of ketones is 1. The Kier molecular flexibility index (Phi) is 6.06. The maximum Gasteiger partial charge on any atom is 0.294 e. The maximum atomic E-state index is 13.2. The molecule has 0 spiro atoms. The van der Waals surface area contributed by atoms with E-state index >= 15 is 0 Å². The summed E-state index contributed by atoms with van der Waals surface area (Å²) in [7, 11) is 0. The fourth-order valence-corrected chi connectivity index (χ4v) is 4.14. The summed E-state index contributed by atoms with van der Waals surface area (Å²) in [6.45, 7) is 5.88. The van der Waals surface area contributed by atoms with E-state index in [1.54, 1.807) is 30.3 Å². The summed E-state index contributed by atoms with van der Waals surface area (Å²) in [5.74, 6) is -1.71. The number of furan rings is 1. The van der Waals surface area contributed by atoms with E-state index in [1.807, 2.05) is 24.3 Å². The summed E-state index contributed by atoms with van der Waals surface area (Å²) >= 11 is 6.02. The molecule has 0 saturated carbocycles. The van der Waals surface area contributed by atoms with Gasteiger partial charge in [-0.25, -0.2) is 0 Å². The van der Waals surface area contributed by atoms with Crippen molar-refractivity contribution >= 4 is 34.7 Å². The van der Waals surface area contributed by atoms with E-state index < -0.39 is 23.5 Å². The maximum absolute atomic E-state index is 13.2. The summed E-state index contributed by atoms with van der Waals surface area (Å²) in [6.07, 6.45) is 1.38. The molecule has 1 N–H and O–H groups in total. The van der Waals surface area contributed by atoms with Crippen LogP contribution in [0.4, 0.5) is 11.4 Å². The Morgan fingerprint density at radius 1 is 1.06 bits per heavy atom. The van der Waals surface area contributed by atoms with Crippen LogP contribution in [0.5, 0.6) is 0 Å². The molecule has 1 aliphatic rings. The molecule has 1 amide bonds. The van der Waals surface area contributed by atoms with Gasteiger partial charge in [-0.05, 0) is 67.9 Å². The predicted octanol–water partition coefficient (Wildman–Crippen LogP) is 5.56. The molecule has 0 fully saturated rings. The smallest absolute Gasteiger partial charge is 0.294 e. The number of hydrogen-bond acceptors (Lipinski definition) is 5. The lowest BCUT2D eigenvalue weighted by atomic mass is 9.94. The number of amides is 1. The van der Waals surface area contributed by atoms with Crippen LogP contribution in [0.2, 0.25) is 5.02 Å². The van der Waals surface area contributed by atoms with Gasteiger partial charge in [0.05, 0.1) is 17.9 Å². The Balaban J connectivity index is 1.82. The fraction of sp³-hybridized carbons (Fsp3) is 0.200. The number of aliphatic hydroxyl groups is 1. The van der Waals surface area contributed by atoms with Crippen LogP contribution >= 0.6 is 11.6 Å². The summed E-state index contributed by atoms with van der Waals surface area (Å²) in [4.78, 5) is 30.0. The second-order valence-corrected chi connectivity index (χ2v) is 7.82. The van der Waals surface area contributed by atoms with Crippen molar-refractivity contribution in [2.75, 3.05) is 22.9 Å². The average molecular weight is 451 g/mol. The van der Waals surface area contributed by atoms with Crippen molar-refractivity contribution in [1.82, 2.24) is 0 Å². The van der Waals surface area contributed by atoms with Gasteiger partial charge in [-0.1, -0.05) is 23.7 Å². The Bertz CT molecular complexity index is 1150. The third-order valence-corrected chi connectivity index (χ3v) is 5.89. The first-order chi connectivity index (χ1) is 15.5. The van der Waals surface area contributed by atoms with Crippen LogP contribution < -0.4 is 9.80 Å². The lowest BCUT2D eigenvalue weighted by Crippen LogP contribution is -2.31. The number of carbonyl (C=O) groups is 2. The van der Waals surface area contributed by atoms with Gasteiger partial charge in [0.2, 0.25) is 5.78 Å². The van der Waals surface area contributed by atoms with Crippen molar-refractivity contribution in [2.24, 2.45) is 0 Å². The lowest BCUT2D eigenvalue weighted by Gasteiger charge is -2.28. The fourth-order valence-electron chi connectivity index (χ4n) is 4.02. The van der Waals surface area contributed by atoms with Crippen LogP contribution in [0.1, 0.15) is 36.0 Å². The van der Waals surface area contributed by atoms with Crippen molar-refractivity contribution in [3.8, 4) is 0 Å². The van der Waals surface area contributed by atoms with E-state index in [0.29, 0.717) is 16.3 Å². The van der Waals surface area contributed by atoms with Gasteiger partial charge in [0.1, 0.15) is 0 Å². The number of nitrogens with zero attached hydrogens (tertiary/aromatic N) is 2. The molecule has 1 unspecified atom stereocenters. The Morgan fingerprint density at radius 3 is 2.28 bits per heavy atom. The first-order valence-corrected chi connectivity index (χ1v) is 10.8. The highest BCUT2D eigenvalue weighted by Crippen LogP contribution is 2.42. The predicted molar refractivity (Wildman–Crippen MR) is 124 cm³/mol. The van der Waals surface area contributed by atoms with Gasteiger partial charge in [-0.3, -0.25) is 14.5 Å².